The summed E-state index contributed by atoms with van der Waals surface area (Å²) in [6.45, 7) is 1.81. The summed E-state index contributed by atoms with van der Waals surface area (Å²) in [6.07, 6.45) is 1.54. The van der Waals surface area contributed by atoms with Gasteiger partial charge in [0.05, 0.1) is 6.54 Å². The zero-order chi connectivity index (χ0) is 13.0. The average Bonchev–Trinajstić information content (AvgIpc) is 2.85. The first-order chi connectivity index (χ1) is 8.66. The Bertz CT molecular complexity index is 575. The van der Waals surface area contributed by atoms with Crippen LogP contribution in [0.15, 0.2) is 42.0 Å². The number of hydrogen-bond acceptors (Lipinski definition) is 4. The number of rotatable bonds is 4. The van der Waals surface area contributed by atoms with Gasteiger partial charge in [0.25, 0.3) is 0 Å². The smallest absolute Gasteiger partial charge is 0.331 e. The molecule has 0 saturated heterocycles. The SMILES string of the molecule is CC(=CCn1nnc(-c2ccccc2)n1)C(=O)O. The van der Waals surface area contributed by atoms with E-state index < -0.39 is 5.97 Å². The molecule has 92 valence electrons. The summed E-state index contributed by atoms with van der Waals surface area (Å²) < 4.78 is 0. The normalized spacial score (nSPS) is 11.5. The highest BCUT2D eigenvalue weighted by Crippen LogP contribution is 2.11. The Kier molecular flexibility index (Phi) is 3.47. The highest BCUT2D eigenvalue weighted by molar-refractivity contribution is 5.85. The molecule has 0 fully saturated rings. The van der Waals surface area contributed by atoms with Gasteiger partial charge in [0, 0.05) is 11.1 Å². The third kappa shape index (κ3) is 2.79. The van der Waals surface area contributed by atoms with Gasteiger partial charge < -0.3 is 5.11 Å². The Hall–Kier alpha value is -2.50. The van der Waals surface area contributed by atoms with E-state index in [9.17, 15) is 4.79 Å². The summed E-state index contributed by atoms with van der Waals surface area (Å²) in [7, 11) is 0. The van der Waals surface area contributed by atoms with Crippen molar-refractivity contribution in [3.63, 3.8) is 0 Å². The molecule has 0 atom stereocenters. The molecule has 0 bridgehead atoms. The molecule has 1 N–H and O–H groups in total. The van der Waals surface area contributed by atoms with Gasteiger partial charge in [0.2, 0.25) is 5.82 Å². The molecule has 6 nitrogen and oxygen atoms in total. The van der Waals surface area contributed by atoms with Crippen molar-refractivity contribution in [2.75, 3.05) is 0 Å². The van der Waals surface area contributed by atoms with Crippen LogP contribution in [0.4, 0.5) is 0 Å². The Labute approximate surface area is 104 Å². The Morgan fingerprint density at radius 1 is 1.39 bits per heavy atom. The van der Waals surface area contributed by atoms with Crippen LogP contribution in [0.3, 0.4) is 0 Å². The lowest BCUT2D eigenvalue weighted by molar-refractivity contribution is -0.132. The van der Waals surface area contributed by atoms with Crippen molar-refractivity contribution in [1.29, 1.82) is 0 Å². The first-order valence-corrected chi connectivity index (χ1v) is 5.40. The maximum atomic E-state index is 10.6. The second-order valence-corrected chi connectivity index (χ2v) is 3.73. The van der Waals surface area contributed by atoms with E-state index in [1.165, 1.54) is 11.7 Å². The zero-order valence-corrected chi connectivity index (χ0v) is 9.82. The molecule has 1 aromatic carbocycles. The molecular weight excluding hydrogens is 232 g/mol. The van der Waals surface area contributed by atoms with Gasteiger partial charge in [-0.3, -0.25) is 0 Å². The minimum atomic E-state index is -0.946. The Balaban J connectivity index is 2.12. The van der Waals surface area contributed by atoms with E-state index in [2.05, 4.69) is 15.4 Å². The summed E-state index contributed by atoms with van der Waals surface area (Å²) in [6, 6.07) is 9.47. The minimum absolute atomic E-state index is 0.258. The first-order valence-electron chi connectivity index (χ1n) is 5.40. The molecule has 0 unspecified atom stereocenters. The van der Waals surface area contributed by atoms with E-state index in [1.807, 2.05) is 30.3 Å². The summed E-state index contributed by atoms with van der Waals surface area (Å²) in [5.74, 6) is -0.421. The van der Waals surface area contributed by atoms with Crippen molar-refractivity contribution >= 4 is 5.97 Å². The number of hydrogen-bond donors (Lipinski definition) is 1. The lowest BCUT2D eigenvalue weighted by Crippen LogP contribution is -2.03. The zero-order valence-electron chi connectivity index (χ0n) is 9.82. The molecule has 0 saturated carbocycles. The van der Waals surface area contributed by atoms with Crippen molar-refractivity contribution < 1.29 is 9.90 Å². The molecule has 2 rings (SSSR count). The predicted octanol–water partition coefficient (Wildman–Crippen LogP) is 1.37. The molecule has 1 heterocycles. The van der Waals surface area contributed by atoms with Crippen molar-refractivity contribution in [2.45, 2.75) is 13.5 Å². The quantitative estimate of drug-likeness (QED) is 0.821. The fourth-order valence-electron chi connectivity index (χ4n) is 1.33. The van der Waals surface area contributed by atoms with Crippen LogP contribution in [0.2, 0.25) is 0 Å². The van der Waals surface area contributed by atoms with Gasteiger partial charge in [0.15, 0.2) is 0 Å². The van der Waals surface area contributed by atoms with Crippen LogP contribution >= 0.6 is 0 Å². The lowest BCUT2D eigenvalue weighted by atomic mass is 10.2. The summed E-state index contributed by atoms with van der Waals surface area (Å²) in [5, 5.41) is 20.7. The van der Waals surface area contributed by atoms with E-state index in [0.717, 1.165) is 5.56 Å². The first kappa shape index (κ1) is 12.0. The van der Waals surface area contributed by atoms with Crippen LogP contribution < -0.4 is 0 Å². The van der Waals surface area contributed by atoms with E-state index in [1.54, 1.807) is 6.08 Å². The molecule has 18 heavy (non-hydrogen) atoms. The highest BCUT2D eigenvalue weighted by Gasteiger charge is 2.05. The number of benzene rings is 1. The van der Waals surface area contributed by atoms with Crippen molar-refractivity contribution in [2.24, 2.45) is 0 Å². The molecule has 6 heteroatoms. The Morgan fingerprint density at radius 3 is 2.78 bits per heavy atom. The van der Waals surface area contributed by atoms with Gasteiger partial charge in [-0.25, -0.2) is 4.79 Å². The van der Waals surface area contributed by atoms with E-state index >= 15 is 0 Å². The highest BCUT2D eigenvalue weighted by atomic mass is 16.4. The van der Waals surface area contributed by atoms with Crippen LogP contribution in [0, 0.1) is 0 Å². The topological polar surface area (TPSA) is 80.9 Å². The standard InChI is InChI=1S/C12H12N4O2/c1-9(12(17)18)7-8-16-14-11(13-15-16)10-5-3-2-4-6-10/h2-7H,8H2,1H3,(H,17,18). The van der Waals surface area contributed by atoms with Crippen LogP contribution in [0.5, 0.6) is 0 Å². The monoisotopic (exact) mass is 244 g/mol. The van der Waals surface area contributed by atoms with E-state index in [-0.39, 0.29) is 12.1 Å². The fraction of sp³-hybridized carbons (Fsp3) is 0.167. The average molecular weight is 244 g/mol. The minimum Gasteiger partial charge on any atom is -0.478 e. The third-order valence-electron chi connectivity index (χ3n) is 2.38. The molecule has 0 aliphatic carbocycles. The number of aromatic nitrogens is 4. The molecule has 0 radical (unpaired) electrons. The van der Waals surface area contributed by atoms with Crippen LogP contribution in [0.25, 0.3) is 11.4 Å². The maximum Gasteiger partial charge on any atom is 0.331 e. The number of allylic oxidation sites excluding steroid dienone is 1. The van der Waals surface area contributed by atoms with Crippen LogP contribution in [-0.4, -0.2) is 31.3 Å². The maximum absolute atomic E-state index is 10.6. The molecule has 2 aromatic rings. The summed E-state index contributed by atoms with van der Waals surface area (Å²) in [5.41, 5.74) is 1.14. The van der Waals surface area contributed by atoms with Gasteiger partial charge in [-0.1, -0.05) is 36.4 Å². The van der Waals surface area contributed by atoms with Gasteiger partial charge in [0.1, 0.15) is 0 Å². The van der Waals surface area contributed by atoms with E-state index in [4.69, 9.17) is 5.11 Å². The van der Waals surface area contributed by atoms with Gasteiger partial charge >= 0.3 is 5.97 Å². The van der Waals surface area contributed by atoms with Gasteiger partial charge in [-0.15, -0.1) is 10.2 Å². The lowest BCUT2D eigenvalue weighted by Gasteiger charge is -1.94. The summed E-state index contributed by atoms with van der Waals surface area (Å²) in [4.78, 5) is 12.0. The van der Waals surface area contributed by atoms with Crippen molar-refractivity contribution in [3.05, 3.63) is 42.0 Å². The van der Waals surface area contributed by atoms with Crippen molar-refractivity contribution in [1.82, 2.24) is 20.2 Å². The molecule has 0 amide bonds. The number of carbonyl (C=O) groups is 1. The van der Waals surface area contributed by atoms with Gasteiger partial charge in [-0.2, -0.15) is 4.80 Å². The second-order valence-electron chi connectivity index (χ2n) is 3.73. The number of carboxylic acids is 1. The number of tetrazole rings is 1. The second kappa shape index (κ2) is 5.22. The number of carboxylic acid groups (broad SMARTS) is 1. The Morgan fingerprint density at radius 2 is 2.11 bits per heavy atom. The summed E-state index contributed by atoms with van der Waals surface area (Å²) >= 11 is 0. The van der Waals surface area contributed by atoms with Crippen LogP contribution in [0.1, 0.15) is 6.92 Å². The third-order valence-corrected chi connectivity index (χ3v) is 2.38. The molecule has 1 aromatic heterocycles. The molecule has 0 aliphatic heterocycles. The fourth-order valence-corrected chi connectivity index (χ4v) is 1.33. The van der Waals surface area contributed by atoms with Crippen LogP contribution in [-0.2, 0) is 11.3 Å². The van der Waals surface area contributed by atoms with E-state index in [0.29, 0.717) is 5.82 Å². The van der Waals surface area contributed by atoms with Crippen molar-refractivity contribution in [3.8, 4) is 11.4 Å². The largest absolute Gasteiger partial charge is 0.478 e. The molecule has 0 spiro atoms. The number of aliphatic carboxylic acids is 1. The number of nitrogens with zero attached hydrogens (tertiary/aromatic N) is 4. The predicted molar refractivity (Wildman–Crippen MR) is 64.6 cm³/mol. The van der Waals surface area contributed by atoms with Gasteiger partial charge in [-0.05, 0) is 12.1 Å². The molecular formula is C12H12N4O2. The molecule has 0 aliphatic rings.